The minimum Gasteiger partial charge on any atom is -0.548 e. The van der Waals surface area contributed by atoms with Crippen LogP contribution in [0.2, 0.25) is 0 Å². The monoisotopic (exact) mass is 385 g/mol. The molecule has 0 aliphatic heterocycles. The first kappa shape index (κ1) is 20.9. The number of aliphatic carboxylic acids is 1. The van der Waals surface area contributed by atoms with Crippen LogP contribution in [0.25, 0.3) is 10.9 Å². The fourth-order valence-electron chi connectivity index (χ4n) is 3.01. The number of nitrogens with one attached hydrogen (secondary N) is 2. The zero-order valence-corrected chi connectivity index (χ0v) is 15.1. The van der Waals surface area contributed by atoms with Crippen LogP contribution in [-0.4, -0.2) is 39.5 Å². The third-order valence-corrected chi connectivity index (χ3v) is 4.49. The number of phenolic OH excluding ortho intramolecular Hbond substituents is 1. The Bertz CT molecular complexity index is 952. The number of carboxylic acid groups (broad SMARTS) is 1. The van der Waals surface area contributed by atoms with Crippen LogP contribution in [0.4, 0.5) is 0 Å². The number of carbonyl (C=O) groups excluding carboxylic acids is 2. The summed E-state index contributed by atoms with van der Waals surface area (Å²) < 4.78 is 0. The number of carboxylic acids is 1. The van der Waals surface area contributed by atoms with Gasteiger partial charge in [0.05, 0.1) is 12.0 Å². The van der Waals surface area contributed by atoms with Gasteiger partial charge < -0.3 is 36.5 Å². The molecule has 0 bridgehead atoms. The Morgan fingerprint density at radius 1 is 1.11 bits per heavy atom. The van der Waals surface area contributed by atoms with Crippen LogP contribution in [0, 0.1) is 0 Å². The first-order valence-electron chi connectivity index (χ1n) is 8.61. The molecule has 8 heteroatoms. The van der Waals surface area contributed by atoms with E-state index in [0.29, 0.717) is 6.42 Å². The number of aromatic hydroxyl groups is 1. The first-order chi connectivity index (χ1) is 12.9. The van der Waals surface area contributed by atoms with Crippen LogP contribution in [0.5, 0.6) is 5.75 Å². The highest BCUT2D eigenvalue weighted by atomic mass is 16.4. The lowest BCUT2D eigenvalue weighted by Gasteiger charge is -2.20. The minimum absolute atomic E-state index is 0. The summed E-state index contributed by atoms with van der Waals surface area (Å²) in [7, 11) is 0. The number of H-pyrrole nitrogens is 1. The van der Waals surface area contributed by atoms with Crippen LogP contribution in [-0.2, 0) is 22.4 Å². The molecule has 0 fully saturated rings. The Hall–Kier alpha value is -3.36. The van der Waals surface area contributed by atoms with Gasteiger partial charge in [-0.1, -0.05) is 30.3 Å². The molecule has 0 saturated heterocycles. The molecule has 0 spiro atoms. The van der Waals surface area contributed by atoms with Gasteiger partial charge in [-0.15, -0.1) is 0 Å². The molecule has 8 nitrogen and oxygen atoms in total. The van der Waals surface area contributed by atoms with E-state index in [2.05, 4.69) is 16.0 Å². The quantitative estimate of drug-likeness (QED) is 0.396. The first-order valence-corrected chi connectivity index (χ1v) is 8.61. The lowest BCUT2D eigenvalue weighted by molar-refractivity contribution is -0.403. The van der Waals surface area contributed by atoms with E-state index in [9.17, 15) is 19.8 Å². The number of aromatic nitrogens is 1. The molecule has 1 amide bonds. The fraction of sp³-hybridized carbons (Fsp3) is 0.200. The Kier molecular flexibility index (Phi) is 6.75. The smallest absolute Gasteiger partial charge is 0.279 e. The number of rotatable bonds is 7. The van der Waals surface area contributed by atoms with Gasteiger partial charge in [-0.25, -0.2) is 0 Å². The predicted octanol–water partition coefficient (Wildman–Crippen LogP) is -1.32. The third-order valence-electron chi connectivity index (χ3n) is 4.49. The van der Waals surface area contributed by atoms with Crippen LogP contribution in [0.15, 0.2) is 54.7 Å². The van der Waals surface area contributed by atoms with E-state index in [0.717, 1.165) is 22.0 Å². The largest absolute Gasteiger partial charge is 0.548 e. The number of aromatic amines is 1. The van der Waals surface area contributed by atoms with Gasteiger partial charge in [0, 0.05) is 29.9 Å². The highest BCUT2D eigenvalue weighted by Gasteiger charge is 2.23. The van der Waals surface area contributed by atoms with Crippen LogP contribution >= 0.6 is 0 Å². The predicted molar refractivity (Wildman–Crippen MR) is 101 cm³/mol. The second-order valence-corrected chi connectivity index (χ2v) is 6.51. The summed E-state index contributed by atoms with van der Waals surface area (Å²) in [6.45, 7) is 0. The number of amides is 1. The number of benzene rings is 2. The normalized spacial score (nSPS) is 12.8. The lowest BCUT2D eigenvalue weighted by Crippen LogP contribution is -2.70. The SMILES string of the molecule is O.[NH3+][C@@H](Cc1ccc(O)cc1)C(=O)N[C@@H](Cc1c[nH]c2ccccc12)C(=O)[O-]. The summed E-state index contributed by atoms with van der Waals surface area (Å²) in [5.41, 5.74) is 6.34. The van der Waals surface area contributed by atoms with Crippen molar-refractivity contribution in [2.45, 2.75) is 24.9 Å². The number of quaternary nitrogens is 1. The zero-order chi connectivity index (χ0) is 19.4. The molecule has 0 aliphatic carbocycles. The maximum atomic E-state index is 12.4. The molecule has 0 aliphatic rings. The topological polar surface area (TPSA) is 164 Å². The van der Waals surface area contributed by atoms with Gasteiger partial charge in [-0.2, -0.15) is 0 Å². The number of hydrogen-bond donors (Lipinski definition) is 4. The molecule has 3 aromatic rings. The number of phenols is 1. The lowest BCUT2D eigenvalue weighted by atomic mass is 10.0. The molecule has 1 aromatic heterocycles. The fourth-order valence-corrected chi connectivity index (χ4v) is 3.01. The summed E-state index contributed by atoms with van der Waals surface area (Å²) in [6.07, 6.45) is 2.19. The van der Waals surface area contributed by atoms with Gasteiger partial charge in [0.2, 0.25) is 0 Å². The molecule has 28 heavy (non-hydrogen) atoms. The molecule has 8 N–H and O–H groups in total. The number of fused-ring (bicyclic) bond motifs is 1. The van der Waals surface area contributed by atoms with Crippen molar-refractivity contribution < 1.29 is 31.0 Å². The Labute approximate surface area is 161 Å². The summed E-state index contributed by atoms with van der Waals surface area (Å²) in [5.74, 6) is -1.66. The van der Waals surface area contributed by atoms with Crippen molar-refractivity contribution in [2.75, 3.05) is 0 Å². The van der Waals surface area contributed by atoms with Gasteiger partial charge >= 0.3 is 0 Å². The highest BCUT2D eigenvalue weighted by Crippen LogP contribution is 2.19. The van der Waals surface area contributed by atoms with Crippen molar-refractivity contribution in [3.05, 3.63) is 65.9 Å². The van der Waals surface area contributed by atoms with Crippen LogP contribution in [0.3, 0.4) is 0 Å². The molecule has 1 heterocycles. The van der Waals surface area contributed by atoms with E-state index in [1.807, 2.05) is 24.3 Å². The second-order valence-electron chi connectivity index (χ2n) is 6.51. The van der Waals surface area contributed by atoms with Crippen molar-refractivity contribution >= 4 is 22.8 Å². The third kappa shape index (κ3) is 4.87. The van der Waals surface area contributed by atoms with E-state index in [1.54, 1.807) is 18.3 Å². The van der Waals surface area contributed by atoms with Gasteiger partial charge in [0.15, 0.2) is 6.04 Å². The van der Waals surface area contributed by atoms with E-state index in [4.69, 9.17) is 0 Å². The number of carbonyl (C=O) groups is 2. The molecule has 3 rings (SSSR count). The van der Waals surface area contributed by atoms with Crippen LogP contribution < -0.4 is 16.2 Å². The molecular weight excluding hydrogens is 362 g/mol. The van der Waals surface area contributed by atoms with Crippen molar-refractivity contribution in [1.29, 1.82) is 0 Å². The standard InChI is InChI=1S/C20H21N3O4.H2O/c21-16(9-12-5-7-14(24)8-6-12)19(25)23-18(20(26)27)10-13-11-22-17-4-2-1-3-15(13)17;/h1-8,11,16,18,22,24H,9-10,21H2,(H,23,25)(H,26,27);1H2/t16-,18-;/m0./s1. The minimum atomic E-state index is -1.34. The maximum absolute atomic E-state index is 12.4. The Balaban J connectivity index is 0.00000280. The molecular formula is C20H23N3O5. The molecule has 148 valence electrons. The Morgan fingerprint density at radius 3 is 2.46 bits per heavy atom. The van der Waals surface area contributed by atoms with Gasteiger partial charge in [0.25, 0.3) is 5.91 Å². The average molecular weight is 385 g/mol. The van der Waals surface area contributed by atoms with E-state index in [-0.39, 0.29) is 17.6 Å². The second kappa shape index (κ2) is 9.03. The summed E-state index contributed by atoms with van der Waals surface area (Å²) in [4.78, 5) is 27.0. The van der Waals surface area contributed by atoms with E-state index < -0.39 is 24.0 Å². The molecule has 0 radical (unpaired) electrons. The average Bonchev–Trinajstić information content (AvgIpc) is 3.06. The van der Waals surface area contributed by atoms with E-state index in [1.165, 1.54) is 12.1 Å². The van der Waals surface area contributed by atoms with Gasteiger partial charge in [-0.3, -0.25) is 4.79 Å². The summed E-state index contributed by atoms with van der Waals surface area (Å²) >= 11 is 0. The maximum Gasteiger partial charge on any atom is 0.279 e. The van der Waals surface area contributed by atoms with Crippen molar-refractivity contribution in [2.24, 2.45) is 0 Å². The summed E-state index contributed by atoms with van der Waals surface area (Å²) in [6, 6.07) is 12.2. The Morgan fingerprint density at radius 2 is 1.79 bits per heavy atom. The van der Waals surface area contributed by atoms with Crippen molar-refractivity contribution in [1.82, 2.24) is 10.3 Å². The molecule has 0 unspecified atom stereocenters. The number of hydrogen-bond acceptors (Lipinski definition) is 4. The van der Waals surface area contributed by atoms with Crippen LogP contribution in [0.1, 0.15) is 11.1 Å². The number of para-hydroxylation sites is 1. The van der Waals surface area contributed by atoms with Gasteiger partial charge in [-0.05, 0) is 29.3 Å². The molecule has 2 aromatic carbocycles. The zero-order valence-electron chi connectivity index (χ0n) is 15.1. The highest BCUT2D eigenvalue weighted by molar-refractivity contribution is 5.87. The summed E-state index contributed by atoms with van der Waals surface area (Å²) in [5, 5.41) is 24.3. The van der Waals surface area contributed by atoms with Crippen molar-refractivity contribution in [3.63, 3.8) is 0 Å². The van der Waals surface area contributed by atoms with Gasteiger partial charge in [0.1, 0.15) is 5.75 Å². The van der Waals surface area contributed by atoms with Crippen molar-refractivity contribution in [3.8, 4) is 5.75 Å². The van der Waals surface area contributed by atoms with E-state index >= 15 is 0 Å². The molecule has 0 saturated carbocycles. The molecule has 2 atom stereocenters.